The molecule has 0 spiro atoms. The molecular formula is C30H20ClN3O6. The number of hydrogen-bond donors (Lipinski definition) is 1. The van der Waals surface area contributed by atoms with Gasteiger partial charge in [-0.25, -0.2) is 4.79 Å². The number of carbonyl (C=O) groups is 1. The standard InChI is InChI=1S/C30H20ClN3O6/c31-20-9-5-18(6-10-20)17-38-21-11-7-19(8-12-21)28-24-14-13-22(15-27(24)40-29(33)25(28)16-32)39-30(35)23-3-1-2-4-26(23)34(36)37/h1-15,28H,17,33H2. The number of esters is 1. The van der Waals surface area contributed by atoms with Crippen molar-refractivity contribution >= 4 is 23.3 Å². The summed E-state index contributed by atoms with van der Waals surface area (Å²) in [6.45, 7) is 0.362. The van der Waals surface area contributed by atoms with Crippen molar-refractivity contribution in [1.82, 2.24) is 0 Å². The Hall–Kier alpha value is -5.33. The molecule has 1 heterocycles. The fourth-order valence-corrected chi connectivity index (χ4v) is 4.44. The molecule has 4 aromatic carbocycles. The minimum atomic E-state index is -0.893. The van der Waals surface area contributed by atoms with Crippen LogP contribution < -0.4 is 19.9 Å². The summed E-state index contributed by atoms with van der Waals surface area (Å²) in [5.41, 5.74) is 8.14. The second kappa shape index (κ2) is 11.2. The topological polar surface area (TPSA) is 138 Å². The van der Waals surface area contributed by atoms with Crippen LogP contribution in [0.5, 0.6) is 17.2 Å². The van der Waals surface area contributed by atoms with Crippen LogP contribution in [-0.4, -0.2) is 10.9 Å². The van der Waals surface area contributed by atoms with Crippen LogP contribution in [0.4, 0.5) is 5.69 Å². The largest absolute Gasteiger partial charge is 0.489 e. The zero-order valence-corrected chi connectivity index (χ0v) is 21.5. The Kier molecular flexibility index (Phi) is 7.35. The SMILES string of the molecule is N#CC1=C(N)Oc2cc(OC(=O)c3ccccc3[N+](=O)[O-])ccc2C1c1ccc(OCc2ccc(Cl)cc2)cc1. The van der Waals surface area contributed by atoms with Gasteiger partial charge in [-0.3, -0.25) is 10.1 Å². The van der Waals surface area contributed by atoms with Gasteiger partial charge >= 0.3 is 5.97 Å². The van der Waals surface area contributed by atoms with Crippen molar-refractivity contribution in [2.45, 2.75) is 12.5 Å². The molecule has 1 atom stereocenters. The third-order valence-corrected chi connectivity index (χ3v) is 6.51. The molecular weight excluding hydrogens is 534 g/mol. The molecule has 0 radical (unpaired) electrons. The summed E-state index contributed by atoms with van der Waals surface area (Å²) in [5, 5.41) is 21.8. The number of carbonyl (C=O) groups excluding carboxylic acids is 1. The minimum absolute atomic E-state index is 0.0785. The molecule has 1 unspecified atom stereocenters. The highest BCUT2D eigenvalue weighted by molar-refractivity contribution is 6.30. The van der Waals surface area contributed by atoms with E-state index >= 15 is 0 Å². The van der Waals surface area contributed by atoms with Crippen LogP contribution in [-0.2, 0) is 6.61 Å². The van der Waals surface area contributed by atoms with Crippen LogP contribution >= 0.6 is 11.6 Å². The molecule has 0 fully saturated rings. The molecule has 9 nitrogen and oxygen atoms in total. The summed E-state index contributed by atoms with van der Waals surface area (Å²) >= 11 is 5.93. The molecule has 10 heteroatoms. The van der Waals surface area contributed by atoms with Gasteiger partial charge in [-0.05, 0) is 47.5 Å². The Morgan fingerprint density at radius 1 is 1.02 bits per heavy atom. The number of nitrogens with two attached hydrogens (primary N) is 1. The maximum atomic E-state index is 12.7. The van der Waals surface area contributed by atoms with E-state index < -0.39 is 16.8 Å². The van der Waals surface area contributed by atoms with E-state index in [1.165, 1.54) is 36.4 Å². The molecule has 1 aliphatic heterocycles. The lowest BCUT2D eigenvalue weighted by atomic mass is 9.83. The summed E-state index contributed by atoms with van der Waals surface area (Å²) in [7, 11) is 0. The molecule has 198 valence electrons. The van der Waals surface area contributed by atoms with E-state index in [0.717, 1.165) is 11.1 Å². The fourth-order valence-electron chi connectivity index (χ4n) is 4.31. The van der Waals surface area contributed by atoms with E-state index in [1.807, 2.05) is 24.3 Å². The highest BCUT2D eigenvalue weighted by Crippen LogP contribution is 2.43. The second-order valence-corrected chi connectivity index (χ2v) is 9.21. The number of para-hydroxylation sites is 1. The van der Waals surface area contributed by atoms with E-state index in [1.54, 1.807) is 30.3 Å². The summed E-state index contributed by atoms with van der Waals surface area (Å²) in [5.74, 6) is -0.491. The molecule has 0 aliphatic carbocycles. The number of hydrogen-bond acceptors (Lipinski definition) is 8. The van der Waals surface area contributed by atoms with Gasteiger partial charge in [0.2, 0.25) is 5.88 Å². The first-order valence-electron chi connectivity index (χ1n) is 12.0. The molecule has 5 rings (SSSR count). The van der Waals surface area contributed by atoms with E-state index in [9.17, 15) is 20.2 Å². The van der Waals surface area contributed by atoms with Crippen LogP contribution in [0.1, 0.15) is 33.0 Å². The molecule has 0 saturated carbocycles. The molecule has 4 aromatic rings. The lowest BCUT2D eigenvalue weighted by Gasteiger charge is -2.26. The highest BCUT2D eigenvalue weighted by Gasteiger charge is 2.31. The van der Waals surface area contributed by atoms with Crippen molar-refractivity contribution in [3.8, 4) is 23.3 Å². The van der Waals surface area contributed by atoms with Crippen molar-refractivity contribution in [1.29, 1.82) is 5.26 Å². The summed E-state index contributed by atoms with van der Waals surface area (Å²) in [6, 6.07) is 26.9. The number of allylic oxidation sites excluding steroid dienone is 1. The van der Waals surface area contributed by atoms with E-state index in [4.69, 9.17) is 31.5 Å². The highest BCUT2D eigenvalue weighted by atomic mass is 35.5. The Bertz CT molecular complexity index is 1680. The number of nitro groups is 1. The van der Waals surface area contributed by atoms with Gasteiger partial charge in [0.05, 0.1) is 10.8 Å². The predicted molar refractivity (Wildman–Crippen MR) is 146 cm³/mol. The molecule has 0 aromatic heterocycles. The third kappa shape index (κ3) is 5.43. The third-order valence-electron chi connectivity index (χ3n) is 6.25. The Morgan fingerprint density at radius 3 is 2.42 bits per heavy atom. The van der Waals surface area contributed by atoms with Gasteiger partial charge < -0.3 is 19.9 Å². The lowest BCUT2D eigenvalue weighted by Crippen LogP contribution is -2.21. The zero-order chi connectivity index (χ0) is 28.2. The van der Waals surface area contributed by atoms with E-state index in [0.29, 0.717) is 22.9 Å². The normalized spacial score (nSPS) is 13.9. The predicted octanol–water partition coefficient (Wildman–Crippen LogP) is 6.26. The van der Waals surface area contributed by atoms with E-state index in [-0.39, 0.29) is 34.2 Å². The van der Waals surface area contributed by atoms with Gasteiger partial charge in [-0.15, -0.1) is 0 Å². The quantitative estimate of drug-likeness (QED) is 0.122. The van der Waals surface area contributed by atoms with Crippen molar-refractivity contribution in [3.05, 3.63) is 140 Å². The number of ether oxygens (including phenoxy) is 3. The van der Waals surface area contributed by atoms with Crippen LogP contribution in [0.15, 0.2) is 102 Å². The van der Waals surface area contributed by atoms with E-state index in [2.05, 4.69) is 6.07 Å². The summed E-state index contributed by atoms with van der Waals surface area (Å²) < 4.78 is 17.0. The Labute approximate surface area is 233 Å². The first-order chi connectivity index (χ1) is 19.3. The Balaban J connectivity index is 1.38. The molecule has 0 saturated heterocycles. The van der Waals surface area contributed by atoms with Gasteiger partial charge in [-0.2, -0.15) is 5.26 Å². The first kappa shape index (κ1) is 26.3. The second-order valence-electron chi connectivity index (χ2n) is 8.77. The fraction of sp³-hybridized carbons (Fsp3) is 0.0667. The number of fused-ring (bicyclic) bond motifs is 1. The smallest absolute Gasteiger partial charge is 0.350 e. The monoisotopic (exact) mass is 553 g/mol. The number of nitrogens with zero attached hydrogens (tertiary/aromatic N) is 2. The number of halogens is 1. The van der Waals surface area contributed by atoms with Gasteiger partial charge in [0.25, 0.3) is 5.69 Å². The van der Waals surface area contributed by atoms with Crippen molar-refractivity contribution < 1.29 is 23.9 Å². The van der Waals surface area contributed by atoms with Gasteiger partial charge in [0.1, 0.15) is 41.1 Å². The maximum absolute atomic E-state index is 12.7. The van der Waals surface area contributed by atoms with Gasteiger partial charge in [0, 0.05) is 22.7 Å². The maximum Gasteiger partial charge on any atom is 0.350 e. The Morgan fingerprint density at radius 2 is 1.73 bits per heavy atom. The molecule has 2 N–H and O–H groups in total. The van der Waals surface area contributed by atoms with Crippen molar-refractivity contribution in [2.24, 2.45) is 5.73 Å². The number of rotatable bonds is 7. The number of benzene rings is 4. The lowest BCUT2D eigenvalue weighted by molar-refractivity contribution is -0.385. The van der Waals surface area contributed by atoms with Gasteiger partial charge in [-0.1, -0.05) is 54.1 Å². The van der Waals surface area contributed by atoms with Gasteiger partial charge in [0.15, 0.2) is 0 Å². The van der Waals surface area contributed by atoms with Crippen molar-refractivity contribution in [3.63, 3.8) is 0 Å². The molecule has 0 bridgehead atoms. The molecule has 0 amide bonds. The molecule has 40 heavy (non-hydrogen) atoms. The summed E-state index contributed by atoms with van der Waals surface area (Å²) in [6.07, 6.45) is 0. The molecule has 1 aliphatic rings. The van der Waals surface area contributed by atoms with Crippen molar-refractivity contribution in [2.75, 3.05) is 0 Å². The van der Waals surface area contributed by atoms with Crippen LogP contribution in [0.25, 0.3) is 0 Å². The average Bonchev–Trinajstić information content (AvgIpc) is 2.96. The van der Waals surface area contributed by atoms with Crippen LogP contribution in [0.2, 0.25) is 5.02 Å². The van der Waals surface area contributed by atoms with Crippen LogP contribution in [0, 0.1) is 21.4 Å². The first-order valence-corrected chi connectivity index (χ1v) is 12.4. The van der Waals surface area contributed by atoms with Crippen LogP contribution in [0.3, 0.4) is 0 Å². The number of nitriles is 1. The summed E-state index contributed by atoms with van der Waals surface area (Å²) in [4.78, 5) is 23.3. The number of nitro benzene ring substituents is 1. The zero-order valence-electron chi connectivity index (χ0n) is 20.7. The minimum Gasteiger partial charge on any atom is -0.489 e. The average molecular weight is 554 g/mol.